The number of nitrogens with one attached hydrogen (secondary N) is 1. The lowest BCUT2D eigenvalue weighted by atomic mass is 10.2. The van der Waals surface area contributed by atoms with E-state index in [0.29, 0.717) is 0 Å². The first-order chi connectivity index (χ1) is 5.43. The zero-order valence-electron chi connectivity index (χ0n) is 6.97. The van der Waals surface area contributed by atoms with Crippen LogP contribution >= 0.6 is 0 Å². The number of hydrogen-bond donors (Lipinski definition) is 1. The van der Waals surface area contributed by atoms with Crippen molar-refractivity contribution in [3.8, 4) is 0 Å². The van der Waals surface area contributed by atoms with E-state index in [4.69, 9.17) is 4.42 Å². The highest BCUT2D eigenvalue weighted by atomic mass is 16.3. The van der Waals surface area contributed by atoms with E-state index in [0.717, 1.165) is 18.7 Å². The Kier molecular flexibility index (Phi) is 3.76. The molecule has 2 heteroatoms. The fourth-order valence-corrected chi connectivity index (χ4v) is 1.06. The summed E-state index contributed by atoms with van der Waals surface area (Å²) in [5.74, 6) is 1.10. The van der Waals surface area contributed by atoms with Crippen molar-refractivity contribution in [3.63, 3.8) is 0 Å². The quantitative estimate of drug-likeness (QED) is 0.653. The van der Waals surface area contributed by atoms with Crippen LogP contribution in [-0.2, 0) is 6.42 Å². The maximum Gasteiger partial charge on any atom is 0.103 e. The predicted octanol–water partition coefficient (Wildman–Crippen LogP) is 1.82. The van der Waals surface area contributed by atoms with Gasteiger partial charge >= 0.3 is 0 Å². The van der Waals surface area contributed by atoms with Gasteiger partial charge in [0.25, 0.3) is 0 Å². The molecule has 2 nitrogen and oxygen atoms in total. The van der Waals surface area contributed by atoms with Crippen LogP contribution in [0.4, 0.5) is 0 Å². The van der Waals surface area contributed by atoms with Crippen LogP contribution < -0.4 is 5.32 Å². The highest BCUT2D eigenvalue weighted by Crippen LogP contribution is 2.04. The lowest BCUT2D eigenvalue weighted by Gasteiger charge is -1.96. The molecule has 0 fully saturated rings. The van der Waals surface area contributed by atoms with Crippen molar-refractivity contribution >= 4 is 0 Å². The van der Waals surface area contributed by atoms with Gasteiger partial charge in [0.05, 0.1) is 6.26 Å². The molecule has 0 bridgehead atoms. The van der Waals surface area contributed by atoms with Crippen molar-refractivity contribution in [3.05, 3.63) is 24.2 Å². The van der Waals surface area contributed by atoms with Gasteiger partial charge in [-0.15, -0.1) is 0 Å². The zero-order chi connectivity index (χ0) is 7.94. The summed E-state index contributed by atoms with van der Waals surface area (Å²) in [6.07, 6.45) is 5.22. The molecule has 0 aromatic carbocycles. The summed E-state index contributed by atoms with van der Waals surface area (Å²) in [5, 5.41) is 3.12. The fourth-order valence-electron chi connectivity index (χ4n) is 1.06. The Morgan fingerprint density at radius 2 is 2.36 bits per heavy atom. The minimum atomic E-state index is 1.06. The summed E-state index contributed by atoms with van der Waals surface area (Å²) in [5.41, 5.74) is 0. The maximum absolute atomic E-state index is 5.19. The molecule has 0 saturated carbocycles. The molecule has 0 unspecified atom stereocenters. The predicted molar refractivity (Wildman–Crippen MR) is 45.6 cm³/mol. The van der Waals surface area contributed by atoms with Crippen LogP contribution in [0.25, 0.3) is 0 Å². The molecule has 0 aliphatic rings. The lowest BCUT2D eigenvalue weighted by molar-refractivity contribution is 0.496. The second-order valence-electron chi connectivity index (χ2n) is 2.64. The first kappa shape index (κ1) is 8.34. The summed E-state index contributed by atoms with van der Waals surface area (Å²) in [6.45, 7) is 1.10. The molecule has 0 aliphatic carbocycles. The van der Waals surface area contributed by atoms with E-state index in [1.165, 1.54) is 12.8 Å². The van der Waals surface area contributed by atoms with Gasteiger partial charge in [-0.3, -0.25) is 0 Å². The van der Waals surface area contributed by atoms with Gasteiger partial charge in [0.15, 0.2) is 0 Å². The molecular formula is C9H15NO. The Hall–Kier alpha value is -0.760. The van der Waals surface area contributed by atoms with Gasteiger partial charge in [-0.05, 0) is 38.6 Å². The zero-order valence-corrected chi connectivity index (χ0v) is 6.97. The van der Waals surface area contributed by atoms with Crippen LogP contribution in [0.2, 0.25) is 0 Å². The van der Waals surface area contributed by atoms with Gasteiger partial charge in [-0.25, -0.2) is 0 Å². The first-order valence-corrected chi connectivity index (χ1v) is 4.10. The molecule has 1 aromatic heterocycles. The van der Waals surface area contributed by atoms with Gasteiger partial charge in [0, 0.05) is 6.42 Å². The fraction of sp³-hybridized carbons (Fsp3) is 0.556. The molecule has 0 aliphatic heterocycles. The van der Waals surface area contributed by atoms with E-state index in [1.807, 2.05) is 19.2 Å². The third-order valence-corrected chi connectivity index (χ3v) is 1.68. The molecule has 0 amide bonds. The summed E-state index contributed by atoms with van der Waals surface area (Å²) in [4.78, 5) is 0. The SMILES string of the molecule is CNCCCCc1ccco1. The average Bonchev–Trinajstić information content (AvgIpc) is 2.50. The van der Waals surface area contributed by atoms with Gasteiger partial charge < -0.3 is 9.73 Å². The van der Waals surface area contributed by atoms with Crippen molar-refractivity contribution < 1.29 is 4.42 Å². The van der Waals surface area contributed by atoms with E-state index in [1.54, 1.807) is 6.26 Å². The van der Waals surface area contributed by atoms with Crippen molar-refractivity contribution in [2.24, 2.45) is 0 Å². The number of unbranched alkanes of at least 4 members (excludes halogenated alkanes) is 1. The molecule has 0 saturated heterocycles. The van der Waals surface area contributed by atoms with Gasteiger partial charge in [-0.1, -0.05) is 0 Å². The van der Waals surface area contributed by atoms with Crippen molar-refractivity contribution in [1.29, 1.82) is 0 Å². The Labute approximate surface area is 67.6 Å². The lowest BCUT2D eigenvalue weighted by Crippen LogP contribution is -2.07. The molecule has 11 heavy (non-hydrogen) atoms. The highest BCUT2D eigenvalue weighted by molar-refractivity contribution is 4.97. The number of rotatable bonds is 5. The Balaban J connectivity index is 2.04. The summed E-state index contributed by atoms with van der Waals surface area (Å²) >= 11 is 0. The molecule has 1 heterocycles. The minimum absolute atomic E-state index is 1.06. The number of furan rings is 1. The Morgan fingerprint density at radius 1 is 1.45 bits per heavy atom. The summed E-state index contributed by atoms with van der Waals surface area (Å²) < 4.78 is 5.19. The molecule has 1 rings (SSSR count). The van der Waals surface area contributed by atoms with Gasteiger partial charge in [0.1, 0.15) is 5.76 Å². The molecule has 1 aromatic rings. The monoisotopic (exact) mass is 153 g/mol. The number of aryl methyl sites for hydroxylation is 1. The molecule has 0 atom stereocenters. The summed E-state index contributed by atoms with van der Waals surface area (Å²) in [7, 11) is 1.98. The van der Waals surface area contributed by atoms with E-state index in [-0.39, 0.29) is 0 Å². The van der Waals surface area contributed by atoms with Crippen molar-refractivity contribution in [2.45, 2.75) is 19.3 Å². The molecule has 0 spiro atoms. The number of hydrogen-bond acceptors (Lipinski definition) is 2. The Bertz CT molecular complexity index is 170. The normalized spacial score (nSPS) is 10.3. The van der Waals surface area contributed by atoms with E-state index in [2.05, 4.69) is 5.32 Å². The second kappa shape index (κ2) is 4.97. The maximum atomic E-state index is 5.19. The molecule has 0 radical (unpaired) electrons. The van der Waals surface area contributed by atoms with Crippen molar-refractivity contribution in [2.75, 3.05) is 13.6 Å². The molecule has 62 valence electrons. The third kappa shape index (κ3) is 3.23. The smallest absolute Gasteiger partial charge is 0.103 e. The van der Waals surface area contributed by atoms with Gasteiger partial charge in [0.2, 0.25) is 0 Å². The second-order valence-corrected chi connectivity index (χ2v) is 2.64. The van der Waals surface area contributed by atoms with E-state index < -0.39 is 0 Å². The van der Waals surface area contributed by atoms with Crippen LogP contribution in [0.1, 0.15) is 18.6 Å². The first-order valence-electron chi connectivity index (χ1n) is 4.10. The van der Waals surface area contributed by atoms with E-state index in [9.17, 15) is 0 Å². The third-order valence-electron chi connectivity index (χ3n) is 1.68. The highest BCUT2D eigenvalue weighted by Gasteiger charge is 1.93. The largest absolute Gasteiger partial charge is 0.469 e. The van der Waals surface area contributed by atoms with Crippen LogP contribution in [-0.4, -0.2) is 13.6 Å². The van der Waals surface area contributed by atoms with Crippen molar-refractivity contribution in [1.82, 2.24) is 5.32 Å². The van der Waals surface area contributed by atoms with Crippen LogP contribution in [0.3, 0.4) is 0 Å². The topological polar surface area (TPSA) is 25.2 Å². The van der Waals surface area contributed by atoms with Crippen LogP contribution in [0.5, 0.6) is 0 Å². The average molecular weight is 153 g/mol. The van der Waals surface area contributed by atoms with Crippen LogP contribution in [0.15, 0.2) is 22.8 Å². The summed E-state index contributed by atoms with van der Waals surface area (Å²) in [6, 6.07) is 3.97. The molecular weight excluding hydrogens is 138 g/mol. The van der Waals surface area contributed by atoms with E-state index >= 15 is 0 Å². The Morgan fingerprint density at radius 3 is 3.00 bits per heavy atom. The molecule has 1 N–H and O–H groups in total. The van der Waals surface area contributed by atoms with Gasteiger partial charge in [-0.2, -0.15) is 0 Å². The standard InChI is InChI=1S/C9H15NO/c1-10-7-3-2-5-9-6-4-8-11-9/h4,6,8,10H,2-3,5,7H2,1H3. The van der Waals surface area contributed by atoms with Crippen LogP contribution in [0, 0.1) is 0 Å². The minimum Gasteiger partial charge on any atom is -0.469 e.